The predicted molar refractivity (Wildman–Crippen MR) is 82.8 cm³/mol. The van der Waals surface area contributed by atoms with Crippen LogP contribution in [-0.2, 0) is 9.53 Å². The van der Waals surface area contributed by atoms with Crippen molar-refractivity contribution in [2.45, 2.75) is 43.4 Å². The molecule has 4 aliphatic rings. The number of nitrogens with one attached hydrogen (secondary N) is 1. The van der Waals surface area contributed by atoms with Crippen LogP contribution in [0.15, 0.2) is 0 Å². The summed E-state index contributed by atoms with van der Waals surface area (Å²) in [6.45, 7) is 1.47. The summed E-state index contributed by atoms with van der Waals surface area (Å²) in [6.07, 6.45) is 7.65. The van der Waals surface area contributed by atoms with Gasteiger partial charge in [-0.25, -0.2) is 0 Å². The number of carbonyl (C=O) groups is 1. The third-order valence-electron chi connectivity index (χ3n) is 5.63. The van der Waals surface area contributed by atoms with Gasteiger partial charge in [0.15, 0.2) is 0 Å². The molecular weight excluding hydrogens is 318 g/mol. The fraction of sp³-hybridized carbons (Fsp3) is 0.938. The van der Waals surface area contributed by atoms with Crippen LogP contribution in [0.4, 0.5) is 0 Å². The van der Waals surface area contributed by atoms with E-state index in [9.17, 15) is 4.79 Å². The van der Waals surface area contributed by atoms with Crippen LogP contribution in [-0.4, -0.2) is 31.0 Å². The van der Waals surface area contributed by atoms with Crippen LogP contribution in [0.1, 0.15) is 38.5 Å². The maximum absolute atomic E-state index is 12.5. The molecule has 3 nitrogen and oxygen atoms in total. The van der Waals surface area contributed by atoms with Crippen LogP contribution in [0, 0.1) is 29.6 Å². The molecular formula is C16H26BrNO2. The molecule has 0 aliphatic heterocycles. The van der Waals surface area contributed by atoms with E-state index in [1.807, 2.05) is 0 Å². The summed E-state index contributed by atoms with van der Waals surface area (Å²) in [6, 6.07) is 0. The van der Waals surface area contributed by atoms with Crippen molar-refractivity contribution < 1.29 is 9.53 Å². The van der Waals surface area contributed by atoms with Gasteiger partial charge in [-0.1, -0.05) is 15.9 Å². The van der Waals surface area contributed by atoms with Crippen molar-refractivity contribution in [3.05, 3.63) is 0 Å². The normalized spacial score (nSPS) is 39.8. The highest BCUT2D eigenvalue weighted by molar-refractivity contribution is 9.09. The largest absolute Gasteiger partial charge is 0.384 e. The van der Waals surface area contributed by atoms with Crippen molar-refractivity contribution >= 4 is 21.8 Å². The van der Waals surface area contributed by atoms with E-state index in [1.165, 1.54) is 32.1 Å². The molecule has 4 bridgehead atoms. The highest BCUT2D eigenvalue weighted by atomic mass is 79.9. The first-order valence-electron chi connectivity index (χ1n) is 8.08. The Labute approximate surface area is 130 Å². The third kappa shape index (κ3) is 3.06. The zero-order chi connectivity index (χ0) is 14.1. The van der Waals surface area contributed by atoms with Gasteiger partial charge < -0.3 is 10.1 Å². The molecule has 0 aromatic heterocycles. The first-order chi connectivity index (χ1) is 9.67. The maximum atomic E-state index is 12.5. The van der Waals surface area contributed by atoms with Gasteiger partial charge in [-0.3, -0.25) is 4.79 Å². The highest BCUT2D eigenvalue weighted by Crippen LogP contribution is 2.56. The number of methoxy groups -OCH3 is 1. The van der Waals surface area contributed by atoms with E-state index in [0.29, 0.717) is 35.1 Å². The molecule has 0 radical (unpaired) electrons. The van der Waals surface area contributed by atoms with Crippen LogP contribution < -0.4 is 5.32 Å². The lowest BCUT2D eigenvalue weighted by atomic mass is 9.51. The number of alkyl halides is 1. The van der Waals surface area contributed by atoms with E-state index < -0.39 is 0 Å². The zero-order valence-electron chi connectivity index (χ0n) is 12.3. The summed E-state index contributed by atoms with van der Waals surface area (Å²) in [5, 5.41) is 3.18. The lowest BCUT2D eigenvalue weighted by molar-refractivity contribution is -0.138. The summed E-state index contributed by atoms with van der Waals surface area (Å²) in [5.41, 5.74) is 0. The second-order valence-electron chi connectivity index (χ2n) is 7.09. The quantitative estimate of drug-likeness (QED) is 0.753. The predicted octanol–water partition coefficient (Wildman–Crippen LogP) is 2.97. The second-order valence-corrected chi connectivity index (χ2v) is 8.38. The van der Waals surface area contributed by atoms with Crippen LogP contribution in [0.3, 0.4) is 0 Å². The van der Waals surface area contributed by atoms with Crippen molar-refractivity contribution in [1.29, 1.82) is 0 Å². The lowest BCUT2D eigenvalue weighted by Crippen LogP contribution is -2.51. The molecule has 0 heterocycles. The van der Waals surface area contributed by atoms with Crippen molar-refractivity contribution in [3.8, 4) is 0 Å². The Kier molecular flexibility index (Phi) is 4.71. The molecule has 0 aromatic rings. The van der Waals surface area contributed by atoms with Gasteiger partial charge in [0.2, 0.25) is 5.91 Å². The topological polar surface area (TPSA) is 38.3 Å². The van der Waals surface area contributed by atoms with Gasteiger partial charge in [0, 0.05) is 24.4 Å². The van der Waals surface area contributed by atoms with Gasteiger partial charge in [-0.15, -0.1) is 0 Å². The Bertz CT molecular complexity index is 332. The average Bonchev–Trinajstić information content (AvgIpc) is 2.37. The minimum atomic E-state index is 0.319. The summed E-state index contributed by atoms with van der Waals surface area (Å²) in [5.74, 6) is 3.90. The van der Waals surface area contributed by atoms with Gasteiger partial charge in [0.05, 0.1) is 6.61 Å². The summed E-state index contributed by atoms with van der Waals surface area (Å²) < 4.78 is 5.10. The standard InChI is InChI=1S/C16H26BrNO2/c1-20-9-14(17)2-3-18-16(19)15-12-5-10-4-11(7-12)8-13(15)6-10/h10-15H,2-9H2,1H3,(H,18,19). The average molecular weight is 344 g/mol. The molecule has 1 amide bonds. The Balaban J connectivity index is 1.48. The summed E-state index contributed by atoms with van der Waals surface area (Å²) in [4.78, 5) is 12.9. The van der Waals surface area contributed by atoms with Gasteiger partial charge in [-0.2, -0.15) is 0 Å². The van der Waals surface area contributed by atoms with E-state index in [4.69, 9.17) is 4.74 Å². The number of ether oxygens (including phenoxy) is 1. The first kappa shape index (κ1) is 14.8. The molecule has 4 heteroatoms. The highest BCUT2D eigenvalue weighted by Gasteiger charge is 2.50. The molecule has 1 atom stereocenters. The van der Waals surface area contributed by atoms with Gasteiger partial charge >= 0.3 is 0 Å². The van der Waals surface area contributed by atoms with Crippen molar-refractivity contribution in [2.75, 3.05) is 20.3 Å². The van der Waals surface area contributed by atoms with Crippen molar-refractivity contribution in [2.24, 2.45) is 29.6 Å². The maximum Gasteiger partial charge on any atom is 0.223 e. The first-order valence-corrected chi connectivity index (χ1v) is 8.99. The fourth-order valence-electron chi connectivity index (χ4n) is 5.09. The summed E-state index contributed by atoms with van der Waals surface area (Å²) in [7, 11) is 1.71. The number of carbonyl (C=O) groups excluding carboxylic acids is 1. The van der Waals surface area contributed by atoms with Crippen molar-refractivity contribution in [3.63, 3.8) is 0 Å². The molecule has 0 spiro atoms. The van der Waals surface area contributed by atoms with Gasteiger partial charge in [0.1, 0.15) is 0 Å². The molecule has 1 N–H and O–H groups in total. The molecule has 4 aliphatic carbocycles. The molecule has 1 unspecified atom stereocenters. The molecule has 0 saturated heterocycles. The number of amides is 1. The number of hydrogen-bond acceptors (Lipinski definition) is 2. The Morgan fingerprint density at radius 2 is 1.80 bits per heavy atom. The molecule has 4 rings (SSSR count). The Morgan fingerprint density at radius 1 is 1.20 bits per heavy atom. The number of halogens is 1. The van der Waals surface area contributed by atoms with Crippen LogP contribution in [0.25, 0.3) is 0 Å². The van der Waals surface area contributed by atoms with E-state index in [2.05, 4.69) is 21.2 Å². The number of rotatable bonds is 6. The molecule has 20 heavy (non-hydrogen) atoms. The van der Waals surface area contributed by atoms with E-state index in [0.717, 1.165) is 24.8 Å². The monoisotopic (exact) mass is 343 g/mol. The Morgan fingerprint density at radius 3 is 2.35 bits per heavy atom. The third-order valence-corrected chi connectivity index (χ3v) is 6.36. The molecule has 114 valence electrons. The number of hydrogen-bond donors (Lipinski definition) is 1. The molecule has 0 aromatic carbocycles. The minimum absolute atomic E-state index is 0.319. The molecule has 4 saturated carbocycles. The second kappa shape index (κ2) is 6.35. The minimum Gasteiger partial charge on any atom is -0.384 e. The SMILES string of the molecule is COCC(Br)CCNC(=O)C1C2CC3CC(C2)CC1C3. The van der Waals surface area contributed by atoms with Crippen LogP contribution >= 0.6 is 15.9 Å². The lowest BCUT2D eigenvalue weighted by Gasteiger charge is -2.53. The van der Waals surface area contributed by atoms with E-state index in [-0.39, 0.29) is 0 Å². The van der Waals surface area contributed by atoms with E-state index in [1.54, 1.807) is 7.11 Å². The smallest absolute Gasteiger partial charge is 0.223 e. The summed E-state index contributed by atoms with van der Waals surface area (Å²) >= 11 is 3.57. The van der Waals surface area contributed by atoms with Gasteiger partial charge in [-0.05, 0) is 62.2 Å². The van der Waals surface area contributed by atoms with Crippen LogP contribution in [0.5, 0.6) is 0 Å². The van der Waals surface area contributed by atoms with Crippen LogP contribution in [0.2, 0.25) is 0 Å². The van der Waals surface area contributed by atoms with Crippen molar-refractivity contribution in [1.82, 2.24) is 5.32 Å². The zero-order valence-corrected chi connectivity index (χ0v) is 13.9. The fourth-order valence-corrected chi connectivity index (χ4v) is 5.58. The van der Waals surface area contributed by atoms with Gasteiger partial charge in [0.25, 0.3) is 0 Å². The van der Waals surface area contributed by atoms with E-state index >= 15 is 0 Å². The Hall–Kier alpha value is -0.0900. The molecule has 4 fully saturated rings.